The predicted molar refractivity (Wildman–Crippen MR) is 100 cm³/mol. The van der Waals surface area contributed by atoms with Crippen LogP contribution in [0, 0.1) is 20.8 Å². The first kappa shape index (κ1) is 18.6. The van der Waals surface area contributed by atoms with Crippen LogP contribution in [0.5, 0.6) is 5.75 Å². The van der Waals surface area contributed by atoms with Crippen LogP contribution in [0.1, 0.15) is 35.6 Å². The molecule has 0 unspecified atom stereocenters. The van der Waals surface area contributed by atoms with Crippen molar-refractivity contribution < 1.29 is 18.7 Å². The van der Waals surface area contributed by atoms with Crippen molar-refractivity contribution in [2.75, 3.05) is 6.61 Å². The molecule has 0 aliphatic rings. The van der Waals surface area contributed by atoms with Gasteiger partial charge >= 0.3 is 5.97 Å². The topological polar surface area (TPSA) is 74.5 Å². The lowest BCUT2D eigenvalue weighted by atomic mass is 10.1. The minimum atomic E-state index is -0.661. The fourth-order valence-corrected chi connectivity index (χ4v) is 2.90. The third-order valence-electron chi connectivity index (χ3n) is 4.06. The van der Waals surface area contributed by atoms with Gasteiger partial charge in [0.15, 0.2) is 12.7 Å². The second-order valence-corrected chi connectivity index (χ2v) is 6.46. The van der Waals surface area contributed by atoms with Crippen LogP contribution in [0.15, 0.2) is 46.9 Å². The van der Waals surface area contributed by atoms with Gasteiger partial charge in [0.1, 0.15) is 5.75 Å². The Morgan fingerprint density at radius 2 is 1.74 bits per heavy atom. The zero-order valence-corrected chi connectivity index (χ0v) is 15.9. The summed E-state index contributed by atoms with van der Waals surface area (Å²) in [6.07, 6.45) is -0.661. The molecule has 1 heterocycles. The Kier molecular flexibility index (Phi) is 5.54. The van der Waals surface area contributed by atoms with Gasteiger partial charge in [0.05, 0.1) is 0 Å². The highest BCUT2D eigenvalue weighted by atomic mass is 16.6. The highest BCUT2D eigenvalue weighted by molar-refractivity contribution is 5.71. The van der Waals surface area contributed by atoms with Gasteiger partial charge in [0.2, 0.25) is 5.89 Å². The lowest BCUT2D eigenvalue weighted by Gasteiger charge is -2.14. The maximum atomic E-state index is 12.1. The van der Waals surface area contributed by atoms with E-state index in [1.807, 2.05) is 63.2 Å². The van der Waals surface area contributed by atoms with Crippen LogP contribution >= 0.6 is 0 Å². The Morgan fingerprint density at radius 3 is 2.41 bits per heavy atom. The molecule has 0 aliphatic carbocycles. The van der Waals surface area contributed by atoms with Gasteiger partial charge in [-0.25, -0.2) is 4.79 Å². The van der Waals surface area contributed by atoms with Crippen LogP contribution in [0.3, 0.4) is 0 Å². The molecular weight excluding hydrogens is 344 g/mol. The maximum absolute atomic E-state index is 12.1. The molecule has 6 heteroatoms. The summed E-state index contributed by atoms with van der Waals surface area (Å²) in [6, 6.07) is 13.4. The highest BCUT2D eigenvalue weighted by Crippen LogP contribution is 2.25. The van der Waals surface area contributed by atoms with Crippen molar-refractivity contribution in [1.82, 2.24) is 10.2 Å². The van der Waals surface area contributed by atoms with E-state index in [0.717, 1.165) is 22.3 Å². The average molecular weight is 366 g/mol. The number of hydrogen-bond donors (Lipinski definition) is 0. The van der Waals surface area contributed by atoms with Crippen molar-refractivity contribution in [3.8, 4) is 17.2 Å². The first-order valence-corrected chi connectivity index (χ1v) is 8.73. The van der Waals surface area contributed by atoms with Gasteiger partial charge in [-0.05, 0) is 51.0 Å². The van der Waals surface area contributed by atoms with Gasteiger partial charge in [-0.3, -0.25) is 0 Å². The number of carbonyl (C=O) groups excluding carboxylic acids is 1. The summed E-state index contributed by atoms with van der Waals surface area (Å²) in [5, 5.41) is 7.97. The molecule has 6 nitrogen and oxygen atoms in total. The summed E-state index contributed by atoms with van der Waals surface area (Å²) in [5.74, 6) is 0.830. The van der Waals surface area contributed by atoms with E-state index in [1.54, 1.807) is 6.92 Å². The van der Waals surface area contributed by atoms with Gasteiger partial charge < -0.3 is 13.9 Å². The Morgan fingerprint density at radius 1 is 1.07 bits per heavy atom. The van der Waals surface area contributed by atoms with Crippen molar-refractivity contribution in [2.45, 2.75) is 33.8 Å². The molecule has 27 heavy (non-hydrogen) atoms. The van der Waals surface area contributed by atoms with Crippen molar-refractivity contribution in [3.63, 3.8) is 0 Å². The van der Waals surface area contributed by atoms with E-state index in [1.165, 1.54) is 0 Å². The predicted octanol–water partition coefficient (Wildman–Crippen LogP) is 4.35. The number of carbonyl (C=O) groups is 1. The molecule has 0 saturated carbocycles. The summed E-state index contributed by atoms with van der Waals surface area (Å²) < 4.78 is 16.6. The van der Waals surface area contributed by atoms with E-state index in [9.17, 15) is 4.79 Å². The van der Waals surface area contributed by atoms with E-state index in [4.69, 9.17) is 13.9 Å². The molecule has 0 fully saturated rings. The molecule has 0 amide bonds. The molecule has 0 bridgehead atoms. The number of benzene rings is 2. The third kappa shape index (κ3) is 4.53. The van der Waals surface area contributed by atoms with E-state index in [-0.39, 0.29) is 12.5 Å². The zero-order valence-electron chi connectivity index (χ0n) is 15.9. The quantitative estimate of drug-likeness (QED) is 0.604. The minimum Gasteiger partial charge on any atom is -0.481 e. The molecule has 3 aromatic rings. The Bertz CT molecular complexity index is 911. The Labute approximate surface area is 158 Å². The normalized spacial score (nSPS) is 11.9. The molecule has 1 atom stereocenters. The fourth-order valence-electron chi connectivity index (χ4n) is 2.90. The number of aromatic nitrogens is 2. The molecule has 3 rings (SSSR count). The number of esters is 1. The summed E-state index contributed by atoms with van der Waals surface area (Å²) >= 11 is 0. The van der Waals surface area contributed by atoms with Crippen LogP contribution in [-0.4, -0.2) is 22.8 Å². The SMILES string of the molecule is Cc1cc(C)c(OCC(=O)O[C@@H](C)c2nnc(-c3ccccc3)o2)c(C)c1. The summed E-state index contributed by atoms with van der Waals surface area (Å²) in [4.78, 5) is 12.1. The van der Waals surface area contributed by atoms with Gasteiger partial charge in [-0.2, -0.15) is 0 Å². The molecule has 0 spiro atoms. The maximum Gasteiger partial charge on any atom is 0.344 e. The van der Waals surface area contributed by atoms with Crippen molar-refractivity contribution in [3.05, 3.63) is 65.0 Å². The van der Waals surface area contributed by atoms with Crippen LogP contribution < -0.4 is 4.74 Å². The van der Waals surface area contributed by atoms with Crippen LogP contribution in [-0.2, 0) is 9.53 Å². The standard InChI is InChI=1S/C21H22N2O4/c1-13-10-14(2)19(15(3)11-13)25-12-18(24)26-16(4)20-22-23-21(27-20)17-8-6-5-7-9-17/h5-11,16H,12H2,1-4H3/t16-/m0/s1. The smallest absolute Gasteiger partial charge is 0.344 e. The van der Waals surface area contributed by atoms with Crippen molar-refractivity contribution in [2.24, 2.45) is 0 Å². The van der Waals surface area contributed by atoms with E-state index < -0.39 is 12.1 Å². The second kappa shape index (κ2) is 8.03. The molecule has 0 aliphatic heterocycles. The van der Waals surface area contributed by atoms with Crippen LogP contribution in [0.25, 0.3) is 11.5 Å². The Hall–Kier alpha value is -3.15. The van der Waals surface area contributed by atoms with Gasteiger partial charge in [-0.15, -0.1) is 10.2 Å². The lowest BCUT2D eigenvalue weighted by molar-refractivity contribution is -0.152. The fraction of sp³-hybridized carbons (Fsp3) is 0.286. The van der Waals surface area contributed by atoms with Crippen LogP contribution in [0.2, 0.25) is 0 Å². The number of ether oxygens (including phenoxy) is 2. The van der Waals surface area contributed by atoms with Gasteiger partial charge in [0.25, 0.3) is 5.89 Å². The monoisotopic (exact) mass is 366 g/mol. The lowest BCUT2D eigenvalue weighted by Crippen LogP contribution is -2.17. The van der Waals surface area contributed by atoms with Gasteiger partial charge in [0, 0.05) is 5.56 Å². The minimum absolute atomic E-state index is 0.186. The van der Waals surface area contributed by atoms with E-state index in [0.29, 0.717) is 11.6 Å². The first-order valence-electron chi connectivity index (χ1n) is 8.73. The zero-order chi connectivity index (χ0) is 19.4. The molecule has 1 aromatic heterocycles. The second-order valence-electron chi connectivity index (χ2n) is 6.46. The van der Waals surface area contributed by atoms with E-state index in [2.05, 4.69) is 10.2 Å². The summed E-state index contributed by atoms with van der Waals surface area (Å²) in [5.41, 5.74) is 3.93. The number of nitrogens with zero attached hydrogens (tertiary/aromatic N) is 2. The average Bonchev–Trinajstić information content (AvgIpc) is 3.12. The van der Waals surface area contributed by atoms with Crippen molar-refractivity contribution in [1.29, 1.82) is 0 Å². The number of rotatable bonds is 6. The molecule has 2 aromatic carbocycles. The number of hydrogen-bond acceptors (Lipinski definition) is 6. The number of aryl methyl sites for hydroxylation is 3. The molecule has 0 saturated heterocycles. The Balaban J connectivity index is 1.59. The summed E-state index contributed by atoms with van der Waals surface area (Å²) in [6.45, 7) is 7.42. The highest BCUT2D eigenvalue weighted by Gasteiger charge is 2.19. The molecule has 0 N–H and O–H groups in total. The molecular formula is C21H22N2O4. The largest absolute Gasteiger partial charge is 0.481 e. The summed E-state index contributed by atoms with van der Waals surface area (Å²) in [7, 11) is 0. The third-order valence-corrected chi connectivity index (χ3v) is 4.06. The van der Waals surface area contributed by atoms with E-state index >= 15 is 0 Å². The molecule has 0 radical (unpaired) electrons. The van der Waals surface area contributed by atoms with Crippen molar-refractivity contribution >= 4 is 5.97 Å². The molecule has 140 valence electrons. The van der Waals surface area contributed by atoms with Crippen LogP contribution in [0.4, 0.5) is 0 Å². The van der Waals surface area contributed by atoms with Gasteiger partial charge in [-0.1, -0.05) is 35.9 Å². The first-order chi connectivity index (χ1) is 12.9.